The average molecular weight is 282 g/mol. The topological polar surface area (TPSA) is 54.5 Å². The number of pyridine rings is 1. The Morgan fingerprint density at radius 1 is 1.38 bits per heavy atom. The van der Waals surface area contributed by atoms with Gasteiger partial charge in [0.2, 0.25) is 0 Å². The quantitative estimate of drug-likeness (QED) is 0.856. The lowest BCUT2D eigenvalue weighted by atomic mass is 9.88. The first-order chi connectivity index (χ1) is 10.2. The summed E-state index contributed by atoms with van der Waals surface area (Å²) in [6.45, 7) is 4.70. The van der Waals surface area contributed by atoms with Crippen LogP contribution in [0.4, 0.5) is 0 Å². The van der Waals surface area contributed by atoms with Crippen LogP contribution in [0, 0.1) is 24.2 Å². The molecule has 1 atom stereocenters. The van der Waals surface area contributed by atoms with E-state index in [2.05, 4.69) is 21.7 Å². The standard InChI is InChI=1S/C17H22N4/c1-12-8-15-17(19-10-12)21(11-13(2)9-18)16(20-15)14-6-4-3-5-7-14/h8,10,13-14H,3-7,11H2,1-2H3. The van der Waals surface area contributed by atoms with Gasteiger partial charge >= 0.3 is 0 Å². The van der Waals surface area contributed by atoms with Gasteiger partial charge in [-0.05, 0) is 38.3 Å². The Kier molecular flexibility index (Phi) is 3.92. The lowest BCUT2D eigenvalue weighted by molar-refractivity contribution is 0.411. The number of nitriles is 1. The second-order valence-corrected chi connectivity index (χ2v) is 6.30. The molecule has 0 aromatic carbocycles. The van der Waals surface area contributed by atoms with Crippen molar-refractivity contribution < 1.29 is 0 Å². The number of aromatic nitrogens is 3. The molecule has 0 spiro atoms. The Balaban J connectivity index is 2.07. The molecule has 1 aliphatic rings. The Bertz CT molecular complexity index is 674. The summed E-state index contributed by atoms with van der Waals surface area (Å²) in [5.74, 6) is 1.65. The summed E-state index contributed by atoms with van der Waals surface area (Å²) in [6.07, 6.45) is 8.22. The summed E-state index contributed by atoms with van der Waals surface area (Å²) < 4.78 is 2.19. The van der Waals surface area contributed by atoms with Crippen LogP contribution in [0.1, 0.15) is 56.3 Å². The first kappa shape index (κ1) is 14.1. The van der Waals surface area contributed by atoms with E-state index < -0.39 is 0 Å². The number of fused-ring (bicyclic) bond motifs is 1. The molecule has 0 saturated heterocycles. The van der Waals surface area contributed by atoms with Gasteiger partial charge in [0.15, 0.2) is 5.65 Å². The maximum Gasteiger partial charge on any atom is 0.160 e. The van der Waals surface area contributed by atoms with Crippen LogP contribution in [0.25, 0.3) is 11.2 Å². The van der Waals surface area contributed by atoms with Gasteiger partial charge in [0.05, 0.1) is 12.0 Å². The average Bonchev–Trinajstić information content (AvgIpc) is 2.85. The molecule has 1 fully saturated rings. The molecule has 1 unspecified atom stereocenters. The van der Waals surface area contributed by atoms with Crippen LogP contribution >= 0.6 is 0 Å². The third-order valence-corrected chi connectivity index (χ3v) is 4.40. The monoisotopic (exact) mass is 282 g/mol. The number of imidazole rings is 1. The zero-order valence-corrected chi connectivity index (χ0v) is 12.8. The minimum Gasteiger partial charge on any atom is -0.311 e. The van der Waals surface area contributed by atoms with Crippen LogP contribution in [0.15, 0.2) is 12.3 Å². The summed E-state index contributed by atoms with van der Waals surface area (Å²) >= 11 is 0. The van der Waals surface area contributed by atoms with Crippen LogP contribution < -0.4 is 0 Å². The Labute approximate surface area is 125 Å². The van der Waals surface area contributed by atoms with Crippen LogP contribution in [-0.2, 0) is 6.54 Å². The largest absolute Gasteiger partial charge is 0.311 e. The van der Waals surface area contributed by atoms with Crippen molar-refractivity contribution in [2.24, 2.45) is 5.92 Å². The van der Waals surface area contributed by atoms with Gasteiger partial charge in [0, 0.05) is 18.7 Å². The molecule has 0 amide bonds. The predicted molar refractivity (Wildman–Crippen MR) is 82.9 cm³/mol. The van der Waals surface area contributed by atoms with E-state index in [4.69, 9.17) is 10.2 Å². The van der Waals surface area contributed by atoms with E-state index >= 15 is 0 Å². The van der Waals surface area contributed by atoms with E-state index in [1.54, 1.807) is 0 Å². The normalized spacial score (nSPS) is 17.8. The predicted octanol–water partition coefficient (Wildman–Crippen LogP) is 3.95. The first-order valence-corrected chi connectivity index (χ1v) is 7.91. The Morgan fingerprint density at radius 2 is 2.14 bits per heavy atom. The molecule has 0 bridgehead atoms. The zero-order chi connectivity index (χ0) is 14.8. The van der Waals surface area contributed by atoms with E-state index in [1.165, 1.54) is 32.1 Å². The van der Waals surface area contributed by atoms with Crippen molar-refractivity contribution >= 4 is 11.2 Å². The Hall–Kier alpha value is -1.89. The van der Waals surface area contributed by atoms with E-state index in [1.807, 2.05) is 20.0 Å². The molecule has 1 saturated carbocycles. The van der Waals surface area contributed by atoms with E-state index in [0.717, 1.165) is 22.6 Å². The third kappa shape index (κ3) is 2.78. The summed E-state index contributed by atoms with van der Waals surface area (Å²) in [7, 11) is 0. The van der Waals surface area contributed by atoms with Gasteiger partial charge < -0.3 is 4.57 Å². The molecule has 2 aromatic rings. The van der Waals surface area contributed by atoms with Crippen molar-refractivity contribution in [3.05, 3.63) is 23.7 Å². The van der Waals surface area contributed by atoms with Gasteiger partial charge in [0.25, 0.3) is 0 Å². The number of hydrogen-bond donors (Lipinski definition) is 0. The minimum atomic E-state index is -0.0205. The van der Waals surface area contributed by atoms with Gasteiger partial charge in [-0.25, -0.2) is 9.97 Å². The highest BCUT2D eigenvalue weighted by Crippen LogP contribution is 2.34. The van der Waals surface area contributed by atoms with Gasteiger partial charge in [0.1, 0.15) is 11.3 Å². The van der Waals surface area contributed by atoms with E-state index in [-0.39, 0.29) is 5.92 Å². The molecule has 2 aromatic heterocycles. The summed E-state index contributed by atoms with van der Waals surface area (Å²) in [6, 6.07) is 4.43. The molecule has 3 rings (SSSR count). The minimum absolute atomic E-state index is 0.0205. The maximum absolute atomic E-state index is 9.15. The summed E-state index contributed by atoms with van der Waals surface area (Å²) in [4.78, 5) is 9.45. The highest BCUT2D eigenvalue weighted by atomic mass is 15.1. The van der Waals surface area contributed by atoms with Gasteiger partial charge in [-0.15, -0.1) is 0 Å². The van der Waals surface area contributed by atoms with Crippen molar-refractivity contribution in [2.75, 3.05) is 0 Å². The highest BCUT2D eigenvalue weighted by Gasteiger charge is 2.23. The molecular formula is C17H22N4. The lowest BCUT2D eigenvalue weighted by Crippen LogP contribution is -2.15. The fourth-order valence-electron chi connectivity index (χ4n) is 3.30. The molecule has 0 radical (unpaired) electrons. The lowest BCUT2D eigenvalue weighted by Gasteiger charge is -2.22. The molecule has 4 nitrogen and oxygen atoms in total. The molecule has 21 heavy (non-hydrogen) atoms. The molecular weight excluding hydrogens is 260 g/mol. The van der Waals surface area contributed by atoms with Crippen molar-refractivity contribution in [1.82, 2.24) is 14.5 Å². The molecule has 0 N–H and O–H groups in total. The van der Waals surface area contributed by atoms with Crippen LogP contribution in [0.5, 0.6) is 0 Å². The van der Waals surface area contributed by atoms with Crippen molar-refractivity contribution in [1.29, 1.82) is 5.26 Å². The second-order valence-electron chi connectivity index (χ2n) is 6.30. The first-order valence-electron chi connectivity index (χ1n) is 7.91. The van der Waals surface area contributed by atoms with Gasteiger partial charge in [-0.1, -0.05) is 19.3 Å². The Morgan fingerprint density at radius 3 is 2.86 bits per heavy atom. The van der Waals surface area contributed by atoms with Crippen molar-refractivity contribution in [3.8, 4) is 6.07 Å². The number of rotatable bonds is 3. The number of aryl methyl sites for hydroxylation is 1. The van der Waals surface area contributed by atoms with Gasteiger partial charge in [-0.3, -0.25) is 0 Å². The molecule has 2 heterocycles. The van der Waals surface area contributed by atoms with Crippen LogP contribution in [0.3, 0.4) is 0 Å². The maximum atomic E-state index is 9.15. The van der Waals surface area contributed by atoms with E-state index in [9.17, 15) is 0 Å². The number of hydrogen-bond acceptors (Lipinski definition) is 3. The van der Waals surface area contributed by atoms with E-state index in [0.29, 0.717) is 12.5 Å². The van der Waals surface area contributed by atoms with Crippen molar-refractivity contribution in [3.63, 3.8) is 0 Å². The third-order valence-electron chi connectivity index (χ3n) is 4.40. The molecule has 110 valence electrons. The van der Waals surface area contributed by atoms with Crippen molar-refractivity contribution in [2.45, 2.75) is 58.4 Å². The SMILES string of the molecule is Cc1cnc2c(c1)nc(C1CCCCC1)n2CC(C)C#N. The molecule has 1 aliphatic carbocycles. The van der Waals surface area contributed by atoms with Crippen LogP contribution in [0.2, 0.25) is 0 Å². The second kappa shape index (κ2) is 5.85. The fourth-order valence-corrected chi connectivity index (χ4v) is 3.30. The number of nitrogens with zero attached hydrogens (tertiary/aromatic N) is 4. The molecule has 4 heteroatoms. The van der Waals surface area contributed by atoms with Crippen LogP contribution in [-0.4, -0.2) is 14.5 Å². The summed E-state index contributed by atoms with van der Waals surface area (Å²) in [5.41, 5.74) is 3.04. The smallest absolute Gasteiger partial charge is 0.160 e. The zero-order valence-electron chi connectivity index (χ0n) is 12.8. The van der Waals surface area contributed by atoms with Gasteiger partial charge in [-0.2, -0.15) is 5.26 Å². The fraction of sp³-hybridized carbons (Fsp3) is 0.588. The molecule has 0 aliphatic heterocycles. The highest BCUT2D eigenvalue weighted by molar-refractivity contribution is 5.72. The summed E-state index contributed by atoms with van der Waals surface area (Å²) in [5, 5.41) is 9.15.